The van der Waals surface area contributed by atoms with Crippen LogP contribution < -0.4 is 10.1 Å². The van der Waals surface area contributed by atoms with E-state index in [1.807, 2.05) is 18.2 Å². The minimum Gasteiger partial charge on any atom is -0.497 e. The van der Waals surface area contributed by atoms with Crippen molar-refractivity contribution in [2.75, 3.05) is 19.0 Å². The Balaban J connectivity index is 1.69. The number of ether oxygens (including phenoxy) is 2. The van der Waals surface area contributed by atoms with Gasteiger partial charge in [-0.2, -0.15) is 0 Å². The van der Waals surface area contributed by atoms with Crippen LogP contribution in [0, 0.1) is 0 Å². The van der Waals surface area contributed by atoms with Gasteiger partial charge in [0.15, 0.2) is 0 Å². The van der Waals surface area contributed by atoms with Crippen molar-refractivity contribution in [3.8, 4) is 5.75 Å². The second-order valence-corrected chi connectivity index (χ2v) is 6.68. The molecule has 0 amide bonds. The normalized spacial score (nSPS) is 24.8. The average Bonchev–Trinajstić information content (AvgIpc) is 2.50. The Bertz CT molecular complexity index is 480. The zero-order valence-corrected chi connectivity index (χ0v) is 13.4. The third-order valence-electron chi connectivity index (χ3n) is 4.79. The van der Waals surface area contributed by atoms with Gasteiger partial charge < -0.3 is 14.8 Å². The Hall–Kier alpha value is -0.930. The van der Waals surface area contributed by atoms with Gasteiger partial charge >= 0.3 is 0 Å². The van der Waals surface area contributed by atoms with Crippen molar-refractivity contribution >= 4 is 17.3 Å². The summed E-state index contributed by atoms with van der Waals surface area (Å²) in [6, 6.07) is 6.19. The monoisotopic (exact) mass is 309 g/mol. The summed E-state index contributed by atoms with van der Waals surface area (Å²) in [7, 11) is 1.68. The number of halogens is 1. The van der Waals surface area contributed by atoms with Crippen molar-refractivity contribution in [1.29, 1.82) is 0 Å². The van der Waals surface area contributed by atoms with Crippen molar-refractivity contribution in [3.63, 3.8) is 0 Å². The van der Waals surface area contributed by atoms with E-state index in [1.54, 1.807) is 7.11 Å². The van der Waals surface area contributed by atoms with Crippen LogP contribution in [0.25, 0.3) is 0 Å². The summed E-state index contributed by atoms with van der Waals surface area (Å²) in [5.41, 5.74) is 1.08. The van der Waals surface area contributed by atoms with Crippen LogP contribution in [-0.2, 0) is 4.74 Å². The number of benzene rings is 1. The minimum atomic E-state index is 0.111. The highest BCUT2D eigenvalue weighted by Gasteiger charge is 2.38. The Morgan fingerprint density at radius 1 is 1.29 bits per heavy atom. The molecule has 1 aromatic carbocycles. The lowest BCUT2D eigenvalue weighted by Crippen LogP contribution is -2.45. The maximum Gasteiger partial charge on any atom is 0.121 e. The summed E-state index contributed by atoms with van der Waals surface area (Å²) in [6.45, 7) is 0.846. The van der Waals surface area contributed by atoms with Crippen LogP contribution in [0.3, 0.4) is 0 Å². The Morgan fingerprint density at radius 3 is 2.86 bits per heavy atom. The molecule has 1 saturated carbocycles. The lowest BCUT2D eigenvalue weighted by molar-refractivity contribution is -0.103. The predicted octanol–water partition coefficient (Wildman–Crippen LogP) is 4.64. The summed E-state index contributed by atoms with van der Waals surface area (Å²) in [4.78, 5) is 0. The van der Waals surface area contributed by atoms with Crippen LogP contribution in [0.15, 0.2) is 18.2 Å². The van der Waals surface area contributed by atoms with E-state index >= 15 is 0 Å². The fourth-order valence-electron chi connectivity index (χ4n) is 3.66. The molecule has 116 valence electrons. The van der Waals surface area contributed by atoms with E-state index in [0.29, 0.717) is 6.04 Å². The first kappa shape index (κ1) is 15.0. The quantitative estimate of drug-likeness (QED) is 0.882. The molecule has 2 fully saturated rings. The molecule has 1 N–H and O–H groups in total. The van der Waals surface area contributed by atoms with E-state index in [4.69, 9.17) is 21.1 Å². The molecule has 1 aliphatic heterocycles. The Morgan fingerprint density at radius 2 is 2.10 bits per heavy atom. The van der Waals surface area contributed by atoms with Gasteiger partial charge in [-0.05, 0) is 37.8 Å². The molecule has 3 nitrogen and oxygen atoms in total. The van der Waals surface area contributed by atoms with Crippen LogP contribution in [-0.4, -0.2) is 25.4 Å². The zero-order chi connectivity index (χ0) is 14.7. The number of hydrogen-bond donors (Lipinski definition) is 1. The highest BCUT2D eigenvalue weighted by molar-refractivity contribution is 6.33. The maximum absolute atomic E-state index is 6.30. The fraction of sp³-hybridized carbons (Fsp3) is 0.647. The smallest absolute Gasteiger partial charge is 0.121 e. The molecule has 1 unspecified atom stereocenters. The van der Waals surface area contributed by atoms with E-state index in [0.717, 1.165) is 35.9 Å². The molecule has 2 aliphatic rings. The van der Waals surface area contributed by atoms with Crippen molar-refractivity contribution in [1.82, 2.24) is 0 Å². The number of rotatable bonds is 3. The Labute approximate surface area is 132 Å². The van der Waals surface area contributed by atoms with Gasteiger partial charge in [0.25, 0.3) is 0 Å². The SMILES string of the molecule is COc1ccc(Cl)c(NC2CCOC3(CCCCC3)C2)c1. The highest BCUT2D eigenvalue weighted by atomic mass is 35.5. The van der Waals surface area contributed by atoms with Crippen molar-refractivity contribution < 1.29 is 9.47 Å². The molecule has 4 heteroatoms. The predicted molar refractivity (Wildman–Crippen MR) is 86.4 cm³/mol. The highest BCUT2D eigenvalue weighted by Crippen LogP contribution is 2.40. The molecular formula is C17H24ClNO2. The van der Waals surface area contributed by atoms with E-state index < -0.39 is 0 Å². The topological polar surface area (TPSA) is 30.5 Å². The van der Waals surface area contributed by atoms with Crippen LogP contribution >= 0.6 is 11.6 Å². The number of nitrogens with one attached hydrogen (secondary N) is 1. The molecule has 1 spiro atoms. The van der Waals surface area contributed by atoms with Crippen molar-refractivity contribution in [2.45, 2.75) is 56.6 Å². The average molecular weight is 310 g/mol. The standard InChI is InChI=1S/C17H24ClNO2/c1-20-14-5-6-15(18)16(11-14)19-13-7-10-21-17(12-13)8-3-2-4-9-17/h5-6,11,13,19H,2-4,7-10,12H2,1H3. The summed E-state index contributed by atoms with van der Waals surface area (Å²) in [6.07, 6.45) is 8.48. The van der Waals surface area contributed by atoms with E-state index in [-0.39, 0.29) is 5.60 Å². The number of anilines is 1. The fourth-order valence-corrected chi connectivity index (χ4v) is 3.83. The summed E-state index contributed by atoms with van der Waals surface area (Å²) in [5.74, 6) is 0.835. The van der Waals surface area contributed by atoms with Gasteiger partial charge in [-0.15, -0.1) is 0 Å². The van der Waals surface area contributed by atoms with Crippen molar-refractivity contribution in [3.05, 3.63) is 23.2 Å². The maximum atomic E-state index is 6.30. The molecule has 1 saturated heterocycles. The van der Waals surface area contributed by atoms with Crippen molar-refractivity contribution in [2.24, 2.45) is 0 Å². The van der Waals surface area contributed by atoms with Crippen LogP contribution in [0.2, 0.25) is 5.02 Å². The van der Waals surface area contributed by atoms with Crippen LogP contribution in [0.5, 0.6) is 5.75 Å². The molecule has 1 heterocycles. The lowest BCUT2D eigenvalue weighted by atomic mass is 9.78. The van der Waals surface area contributed by atoms with E-state index in [2.05, 4.69) is 5.32 Å². The molecule has 1 aromatic rings. The van der Waals surface area contributed by atoms with Gasteiger partial charge in [-0.1, -0.05) is 30.9 Å². The van der Waals surface area contributed by atoms with Gasteiger partial charge in [-0.3, -0.25) is 0 Å². The largest absolute Gasteiger partial charge is 0.497 e. The molecule has 3 rings (SSSR count). The molecule has 0 bridgehead atoms. The van der Waals surface area contributed by atoms with Gasteiger partial charge in [0.1, 0.15) is 5.75 Å². The Kier molecular flexibility index (Phi) is 4.60. The third kappa shape index (κ3) is 3.46. The molecule has 1 aliphatic carbocycles. The summed E-state index contributed by atoms with van der Waals surface area (Å²) < 4.78 is 11.4. The van der Waals surface area contributed by atoms with Crippen LogP contribution in [0.1, 0.15) is 44.9 Å². The second-order valence-electron chi connectivity index (χ2n) is 6.27. The first-order chi connectivity index (χ1) is 10.2. The van der Waals surface area contributed by atoms with E-state index in [1.165, 1.54) is 32.1 Å². The van der Waals surface area contributed by atoms with Gasteiger partial charge in [0, 0.05) is 18.7 Å². The number of methoxy groups -OCH3 is 1. The number of hydrogen-bond acceptors (Lipinski definition) is 3. The molecular weight excluding hydrogens is 286 g/mol. The molecule has 21 heavy (non-hydrogen) atoms. The van der Waals surface area contributed by atoms with Gasteiger partial charge in [-0.25, -0.2) is 0 Å². The minimum absolute atomic E-state index is 0.111. The third-order valence-corrected chi connectivity index (χ3v) is 5.12. The zero-order valence-electron chi connectivity index (χ0n) is 12.7. The van der Waals surface area contributed by atoms with Crippen LogP contribution in [0.4, 0.5) is 5.69 Å². The second kappa shape index (κ2) is 6.45. The van der Waals surface area contributed by atoms with Gasteiger partial charge in [0.2, 0.25) is 0 Å². The van der Waals surface area contributed by atoms with Gasteiger partial charge in [0.05, 0.1) is 23.4 Å². The molecule has 0 aromatic heterocycles. The summed E-state index contributed by atoms with van der Waals surface area (Å²) >= 11 is 6.30. The summed E-state index contributed by atoms with van der Waals surface area (Å²) in [5, 5.41) is 4.35. The first-order valence-electron chi connectivity index (χ1n) is 7.95. The van der Waals surface area contributed by atoms with E-state index in [9.17, 15) is 0 Å². The lowest BCUT2D eigenvalue weighted by Gasteiger charge is -2.44. The molecule has 1 atom stereocenters. The molecule has 0 radical (unpaired) electrons. The first-order valence-corrected chi connectivity index (χ1v) is 8.33.